The van der Waals surface area contributed by atoms with E-state index in [1.807, 2.05) is 0 Å². The van der Waals surface area contributed by atoms with E-state index in [1.165, 1.54) is 0 Å². The highest BCUT2D eigenvalue weighted by Crippen LogP contribution is 2.30. The fourth-order valence-electron chi connectivity index (χ4n) is 1.23. The lowest BCUT2D eigenvalue weighted by Crippen LogP contribution is -2.11. The minimum Gasteiger partial charge on any atom is -0.439 e. The van der Waals surface area contributed by atoms with Crippen LogP contribution in [0.4, 0.5) is 13.2 Å². The molecule has 100 valence electrons. The Hall–Kier alpha value is -1.34. The Morgan fingerprint density at radius 1 is 1.16 bits per heavy atom. The molecule has 0 atom stereocenters. The molecule has 0 fully saturated rings. The first kappa shape index (κ1) is 14.1. The molecule has 1 aromatic heterocycles. The second kappa shape index (κ2) is 5.34. The quantitative estimate of drug-likeness (QED) is 0.734. The first-order chi connectivity index (χ1) is 8.84. The van der Waals surface area contributed by atoms with Crippen molar-refractivity contribution in [2.24, 2.45) is 0 Å². The molecule has 0 spiro atoms. The Morgan fingerprint density at radius 3 is 2.53 bits per heavy atom. The standard InChI is InChI=1S/C11H5BrClF3N2O/c12-6-2-1-3-7(4-6)19-9-5-8(13)17-10(18-9)11(14,15)16/h1-5H. The zero-order chi connectivity index (χ0) is 14.0. The van der Waals surface area contributed by atoms with E-state index in [9.17, 15) is 13.2 Å². The lowest BCUT2D eigenvalue weighted by Gasteiger charge is -2.09. The minimum atomic E-state index is -4.68. The number of aromatic nitrogens is 2. The highest BCUT2D eigenvalue weighted by atomic mass is 79.9. The van der Waals surface area contributed by atoms with Crippen LogP contribution in [0.3, 0.4) is 0 Å². The molecule has 8 heteroatoms. The number of rotatable bonds is 2. The van der Waals surface area contributed by atoms with Crippen LogP contribution in [0.2, 0.25) is 5.15 Å². The van der Waals surface area contributed by atoms with E-state index < -0.39 is 12.0 Å². The van der Waals surface area contributed by atoms with E-state index in [2.05, 4.69) is 25.9 Å². The van der Waals surface area contributed by atoms with Gasteiger partial charge >= 0.3 is 6.18 Å². The van der Waals surface area contributed by atoms with Crippen LogP contribution in [0.15, 0.2) is 34.8 Å². The first-order valence-electron chi connectivity index (χ1n) is 4.90. The predicted octanol–water partition coefficient (Wildman–Crippen LogP) is 4.70. The summed E-state index contributed by atoms with van der Waals surface area (Å²) in [4.78, 5) is 6.38. The predicted molar refractivity (Wildman–Crippen MR) is 66.3 cm³/mol. The summed E-state index contributed by atoms with van der Waals surface area (Å²) in [5.41, 5.74) is 0. The molecule has 0 N–H and O–H groups in total. The van der Waals surface area contributed by atoms with E-state index in [-0.39, 0.29) is 11.0 Å². The van der Waals surface area contributed by atoms with E-state index in [1.54, 1.807) is 24.3 Å². The smallest absolute Gasteiger partial charge is 0.439 e. The Bertz CT molecular complexity index is 607. The van der Waals surface area contributed by atoms with Crippen LogP contribution in [-0.4, -0.2) is 9.97 Å². The van der Waals surface area contributed by atoms with Gasteiger partial charge in [0.25, 0.3) is 0 Å². The van der Waals surface area contributed by atoms with Crippen LogP contribution in [-0.2, 0) is 6.18 Å². The van der Waals surface area contributed by atoms with Gasteiger partial charge in [-0.2, -0.15) is 18.2 Å². The minimum absolute atomic E-state index is 0.273. The van der Waals surface area contributed by atoms with Gasteiger partial charge < -0.3 is 4.74 Å². The molecule has 0 aliphatic carbocycles. The lowest BCUT2D eigenvalue weighted by molar-refractivity contribution is -0.145. The van der Waals surface area contributed by atoms with Gasteiger partial charge in [0.1, 0.15) is 10.9 Å². The molecule has 19 heavy (non-hydrogen) atoms. The van der Waals surface area contributed by atoms with Crippen LogP contribution in [0.5, 0.6) is 11.6 Å². The van der Waals surface area contributed by atoms with Crippen molar-refractivity contribution in [3.63, 3.8) is 0 Å². The second-order valence-corrected chi connectivity index (χ2v) is 4.71. The summed E-state index contributed by atoms with van der Waals surface area (Å²) in [6.07, 6.45) is -4.68. The Morgan fingerprint density at radius 2 is 1.89 bits per heavy atom. The molecule has 1 aromatic carbocycles. The van der Waals surface area contributed by atoms with Crippen molar-refractivity contribution in [2.75, 3.05) is 0 Å². The van der Waals surface area contributed by atoms with Gasteiger partial charge in [-0.05, 0) is 18.2 Å². The molecule has 0 amide bonds. The van der Waals surface area contributed by atoms with Crippen LogP contribution < -0.4 is 4.74 Å². The molecule has 0 bridgehead atoms. The lowest BCUT2D eigenvalue weighted by atomic mass is 10.3. The Balaban J connectivity index is 2.33. The number of hydrogen-bond donors (Lipinski definition) is 0. The highest BCUT2D eigenvalue weighted by Gasteiger charge is 2.35. The summed E-state index contributed by atoms with van der Waals surface area (Å²) in [5, 5.41) is -0.340. The molecule has 2 aromatic rings. The van der Waals surface area contributed by atoms with E-state index in [0.717, 1.165) is 10.5 Å². The topological polar surface area (TPSA) is 35.0 Å². The SMILES string of the molecule is FC(F)(F)c1nc(Cl)cc(Oc2cccc(Br)c2)n1. The van der Waals surface area contributed by atoms with Gasteiger partial charge in [0, 0.05) is 10.5 Å². The molecular weight excluding hydrogens is 348 g/mol. The van der Waals surface area contributed by atoms with Crippen molar-refractivity contribution >= 4 is 27.5 Å². The van der Waals surface area contributed by atoms with Crippen molar-refractivity contribution in [1.82, 2.24) is 9.97 Å². The molecule has 0 unspecified atom stereocenters. The summed E-state index contributed by atoms with van der Waals surface area (Å²) < 4.78 is 43.4. The van der Waals surface area contributed by atoms with Gasteiger partial charge in [0.05, 0.1) is 0 Å². The zero-order valence-electron chi connectivity index (χ0n) is 9.08. The van der Waals surface area contributed by atoms with Crippen molar-refractivity contribution in [3.8, 4) is 11.6 Å². The van der Waals surface area contributed by atoms with Crippen molar-refractivity contribution in [1.29, 1.82) is 0 Å². The van der Waals surface area contributed by atoms with Gasteiger partial charge in [0.2, 0.25) is 11.7 Å². The van der Waals surface area contributed by atoms with Gasteiger partial charge in [0.15, 0.2) is 0 Å². The third kappa shape index (κ3) is 3.81. The van der Waals surface area contributed by atoms with Crippen LogP contribution in [0, 0.1) is 0 Å². The molecule has 2 rings (SSSR count). The first-order valence-corrected chi connectivity index (χ1v) is 6.07. The highest BCUT2D eigenvalue weighted by molar-refractivity contribution is 9.10. The number of ether oxygens (including phenoxy) is 1. The number of alkyl halides is 3. The van der Waals surface area contributed by atoms with Crippen molar-refractivity contribution in [2.45, 2.75) is 6.18 Å². The molecule has 0 aliphatic heterocycles. The largest absolute Gasteiger partial charge is 0.451 e. The molecule has 0 aliphatic rings. The van der Waals surface area contributed by atoms with Gasteiger partial charge in [-0.1, -0.05) is 33.6 Å². The molecule has 1 heterocycles. The molecule has 0 saturated heterocycles. The fraction of sp³-hybridized carbons (Fsp3) is 0.0909. The molecular formula is C11H5BrClF3N2O. The summed E-state index contributed by atoms with van der Waals surface area (Å²) in [6, 6.07) is 7.70. The van der Waals surface area contributed by atoms with E-state index >= 15 is 0 Å². The van der Waals surface area contributed by atoms with Gasteiger partial charge in [-0.25, -0.2) is 4.98 Å². The average Bonchev–Trinajstić information content (AvgIpc) is 2.26. The van der Waals surface area contributed by atoms with Crippen LogP contribution in [0.25, 0.3) is 0 Å². The maximum atomic E-state index is 12.5. The van der Waals surface area contributed by atoms with E-state index in [0.29, 0.717) is 5.75 Å². The zero-order valence-corrected chi connectivity index (χ0v) is 11.4. The van der Waals surface area contributed by atoms with Gasteiger partial charge in [-0.15, -0.1) is 0 Å². The van der Waals surface area contributed by atoms with Crippen molar-refractivity contribution < 1.29 is 17.9 Å². The third-order valence-electron chi connectivity index (χ3n) is 1.94. The number of hydrogen-bond acceptors (Lipinski definition) is 3. The van der Waals surface area contributed by atoms with Gasteiger partial charge in [-0.3, -0.25) is 0 Å². The molecule has 0 saturated carbocycles. The van der Waals surface area contributed by atoms with Crippen LogP contribution >= 0.6 is 27.5 Å². The maximum Gasteiger partial charge on any atom is 0.451 e. The monoisotopic (exact) mass is 352 g/mol. The maximum absolute atomic E-state index is 12.5. The summed E-state index contributed by atoms with van der Waals surface area (Å²) in [7, 11) is 0. The Labute approximate surface area is 119 Å². The number of benzene rings is 1. The molecule has 0 radical (unpaired) electrons. The third-order valence-corrected chi connectivity index (χ3v) is 2.63. The average molecular weight is 354 g/mol. The fourth-order valence-corrected chi connectivity index (χ4v) is 1.78. The number of halogens is 5. The number of nitrogens with zero attached hydrogens (tertiary/aromatic N) is 2. The molecule has 3 nitrogen and oxygen atoms in total. The Kier molecular flexibility index (Phi) is 3.96. The normalized spacial score (nSPS) is 11.4. The summed E-state index contributed by atoms with van der Waals surface area (Å²) in [6.45, 7) is 0. The summed E-state index contributed by atoms with van der Waals surface area (Å²) >= 11 is 8.73. The second-order valence-electron chi connectivity index (χ2n) is 3.41. The van der Waals surface area contributed by atoms with Crippen LogP contribution in [0.1, 0.15) is 5.82 Å². The summed E-state index contributed by atoms with van der Waals surface area (Å²) in [5.74, 6) is -1.28. The van der Waals surface area contributed by atoms with Crippen molar-refractivity contribution in [3.05, 3.63) is 45.8 Å². The van der Waals surface area contributed by atoms with E-state index in [4.69, 9.17) is 16.3 Å².